The molecule has 1 N–H and O–H groups in total. The number of hydrogen-bond donors (Lipinski definition) is 1. The number of nitrogens with zero attached hydrogens (tertiary/aromatic N) is 3. The summed E-state index contributed by atoms with van der Waals surface area (Å²) < 4.78 is 4.69. The molecule has 33 heavy (non-hydrogen) atoms. The van der Waals surface area contributed by atoms with Crippen molar-refractivity contribution < 1.29 is 19.4 Å². The maximum absolute atomic E-state index is 13.4. The van der Waals surface area contributed by atoms with E-state index in [1.54, 1.807) is 0 Å². The van der Waals surface area contributed by atoms with Crippen LogP contribution < -0.4 is 0 Å². The van der Waals surface area contributed by atoms with Gasteiger partial charge in [0.25, 0.3) is 0 Å². The molecule has 4 fully saturated rings. The van der Waals surface area contributed by atoms with Gasteiger partial charge >= 0.3 is 5.97 Å². The molecular formula is C26H39N3O4. The van der Waals surface area contributed by atoms with Crippen molar-refractivity contribution in [2.75, 3.05) is 7.11 Å². The number of rotatable bonds is 4. The van der Waals surface area contributed by atoms with Crippen molar-refractivity contribution in [3.05, 3.63) is 11.9 Å². The predicted molar refractivity (Wildman–Crippen MR) is 122 cm³/mol. The van der Waals surface area contributed by atoms with Gasteiger partial charge < -0.3 is 9.84 Å². The summed E-state index contributed by atoms with van der Waals surface area (Å²) in [6, 6.07) is 0. The summed E-state index contributed by atoms with van der Waals surface area (Å²) in [7, 11) is 1.31. The Morgan fingerprint density at radius 2 is 1.82 bits per heavy atom. The molecule has 4 aliphatic rings. The van der Waals surface area contributed by atoms with Gasteiger partial charge in [-0.2, -0.15) is 9.90 Å². The van der Waals surface area contributed by atoms with Gasteiger partial charge in [0.2, 0.25) is 0 Å². The van der Waals surface area contributed by atoms with Crippen molar-refractivity contribution >= 4 is 11.8 Å². The molecule has 7 nitrogen and oxygen atoms in total. The Labute approximate surface area is 196 Å². The molecule has 0 spiro atoms. The minimum Gasteiger partial charge on any atom is -0.464 e. The quantitative estimate of drug-likeness (QED) is 0.686. The summed E-state index contributed by atoms with van der Waals surface area (Å²) in [6.45, 7) is 7.01. The monoisotopic (exact) mass is 457 g/mol. The highest BCUT2D eigenvalue weighted by Gasteiger charge is 2.61. The second-order valence-electron chi connectivity index (χ2n) is 12.3. The zero-order valence-electron chi connectivity index (χ0n) is 20.5. The van der Waals surface area contributed by atoms with Crippen LogP contribution in [0, 0.1) is 40.4 Å². The molecule has 8 atom stereocenters. The van der Waals surface area contributed by atoms with Crippen LogP contribution >= 0.6 is 0 Å². The number of fused-ring (bicyclic) bond motifs is 5. The number of methoxy groups -OCH3 is 1. The van der Waals surface area contributed by atoms with E-state index >= 15 is 0 Å². The van der Waals surface area contributed by atoms with Gasteiger partial charge in [-0.3, -0.25) is 4.79 Å². The van der Waals surface area contributed by atoms with E-state index in [1.807, 2.05) is 6.92 Å². The third-order valence-electron chi connectivity index (χ3n) is 10.6. The van der Waals surface area contributed by atoms with Crippen molar-refractivity contribution in [1.82, 2.24) is 15.0 Å². The molecule has 4 aliphatic carbocycles. The number of ketones is 1. The Morgan fingerprint density at radius 3 is 2.58 bits per heavy atom. The Bertz CT molecular complexity index is 942. The Morgan fingerprint density at radius 1 is 1.06 bits per heavy atom. The van der Waals surface area contributed by atoms with Gasteiger partial charge in [-0.1, -0.05) is 13.8 Å². The lowest BCUT2D eigenvalue weighted by molar-refractivity contribution is -0.151. The molecule has 1 aromatic heterocycles. The van der Waals surface area contributed by atoms with Gasteiger partial charge in [0.05, 0.1) is 18.9 Å². The maximum atomic E-state index is 13.4. The van der Waals surface area contributed by atoms with E-state index in [4.69, 9.17) is 4.74 Å². The molecule has 1 aromatic rings. The van der Waals surface area contributed by atoms with Crippen molar-refractivity contribution in [2.45, 2.75) is 90.7 Å². The number of aliphatic hydroxyl groups is 1. The second-order valence-corrected chi connectivity index (χ2v) is 12.3. The van der Waals surface area contributed by atoms with Crippen LogP contribution in [0.2, 0.25) is 0 Å². The summed E-state index contributed by atoms with van der Waals surface area (Å²) in [5, 5.41) is 19.0. The number of ether oxygens (including phenoxy) is 1. The number of carbonyl (C=O) groups excluding carboxylic acids is 2. The zero-order valence-corrected chi connectivity index (χ0v) is 20.5. The molecule has 0 unspecified atom stereocenters. The molecule has 1 heterocycles. The highest BCUT2D eigenvalue weighted by molar-refractivity contribution is 5.86. The second kappa shape index (κ2) is 7.89. The first-order chi connectivity index (χ1) is 15.6. The standard InChI is InChI=1S/C26H39N3O4/c1-24(32)11-12-25(2)16(13-24)5-6-17-18-7-8-20(26(18,3)10-9-19(17)25)22(30)15-29-27-14-21(28-29)23(31)33-4/h14,16-20,32H,5-13,15H2,1-4H3/t16-,17+,18+,19+,20-,24-,25+,26+/m1/s1. The van der Waals surface area contributed by atoms with Gasteiger partial charge in [-0.25, -0.2) is 4.79 Å². The largest absolute Gasteiger partial charge is 0.464 e. The van der Waals surface area contributed by atoms with Crippen LogP contribution in [0.25, 0.3) is 0 Å². The number of Topliss-reactive ketones (excluding diaryl/α,β-unsaturated/α-hetero) is 1. The fraction of sp³-hybridized carbons (Fsp3) is 0.846. The molecule has 7 heteroatoms. The van der Waals surface area contributed by atoms with E-state index in [2.05, 4.69) is 24.0 Å². The fourth-order valence-corrected chi connectivity index (χ4v) is 8.78. The van der Waals surface area contributed by atoms with E-state index in [-0.39, 0.29) is 29.4 Å². The highest BCUT2D eigenvalue weighted by atomic mass is 16.5. The minimum atomic E-state index is -0.534. The van der Waals surface area contributed by atoms with E-state index in [0.717, 1.165) is 44.4 Å². The summed E-state index contributed by atoms with van der Waals surface area (Å²) in [6.07, 6.45) is 11.2. The Hall–Kier alpha value is -1.76. The molecule has 0 bridgehead atoms. The van der Waals surface area contributed by atoms with Gasteiger partial charge in [-0.05, 0) is 99.2 Å². The third kappa shape index (κ3) is 3.65. The van der Waals surface area contributed by atoms with Crippen LogP contribution in [0.1, 0.15) is 89.0 Å². The van der Waals surface area contributed by atoms with Crippen molar-refractivity contribution in [3.63, 3.8) is 0 Å². The minimum absolute atomic E-state index is 0.0358. The first-order valence-electron chi connectivity index (χ1n) is 12.8. The molecule has 0 saturated heterocycles. The average Bonchev–Trinajstić information content (AvgIpc) is 3.37. The molecule has 0 aliphatic heterocycles. The van der Waals surface area contributed by atoms with Crippen LogP contribution in [0.15, 0.2) is 6.20 Å². The molecule has 182 valence electrons. The first kappa shape index (κ1) is 23.0. The smallest absolute Gasteiger partial charge is 0.360 e. The third-order valence-corrected chi connectivity index (χ3v) is 10.6. The lowest BCUT2D eigenvalue weighted by Crippen LogP contribution is -2.55. The Kier molecular flexibility index (Phi) is 5.50. The van der Waals surface area contributed by atoms with Gasteiger partial charge in [0, 0.05) is 5.92 Å². The molecule has 4 saturated carbocycles. The first-order valence-corrected chi connectivity index (χ1v) is 12.8. The molecule has 0 aromatic carbocycles. The maximum Gasteiger partial charge on any atom is 0.360 e. The summed E-state index contributed by atoms with van der Waals surface area (Å²) in [4.78, 5) is 26.4. The molecule has 0 radical (unpaired) electrons. The number of hydrogen-bond acceptors (Lipinski definition) is 6. The SMILES string of the molecule is COC(=O)c1cnn(CC(=O)[C@H]2CC[C@H]3[C@@H]4CC[C@@H]5C[C@](C)(O)CC[C@]5(C)[C@H]4CC[C@]23C)n1. The van der Waals surface area contributed by atoms with Crippen molar-refractivity contribution in [2.24, 2.45) is 40.4 Å². The van der Waals surface area contributed by atoms with E-state index in [9.17, 15) is 14.7 Å². The van der Waals surface area contributed by atoms with Gasteiger partial charge in [0.15, 0.2) is 11.5 Å². The average molecular weight is 458 g/mol. The normalized spacial score (nSPS) is 44.5. The van der Waals surface area contributed by atoms with Crippen LogP contribution in [-0.4, -0.2) is 44.6 Å². The highest BCUT2D eigenvalue weighted by Crippen LogP contribution is 2.68. The summed E-state index contributed by atoms with van der Waals surface area (Å²) in [5.74, 6) is 2.33. The van der Waals surface area contributed by atoms with Gasteiger partial charge in [0.1, 0.15) is 6.54 Å². The number of aromatic nitrogens is 3. The van der Waals surface area contributed by atoms with E-state index in [1.165, 1.54) is 37.4 Å². The van der Waals surface area contributed by atoms with Crippen LogP contribution in [0.3, 0.4) is 0 Å². The summed E-state index contributed by atoms with van der Waals surface area (Å²) in [5.41, 5.74) is 0.00898. The van der Waals surface area contributed by atoms with Crippen LogP contribution in [0.4, 0.5) is 0 Å². The van der Waals surface area contributed by atoms with Crippen LogP contribution in [-0.2, 0) is 16.1 Å². The topological polar surface area (TPSA) is 94.3 Å². The fourth-order valence-electron chi connectivity index (χ4n) is 8.78. The van der Waals surface area contributed by atoms with E-state index in [0.29, 0.717) is 23.2 Å². The molecule has 0 amide bonds. The Balaban J connectivity index is 1.31. The van der Waals surface area contributed by atoms with Crippen molar-refractivity contribution in [1.29, 1.82) is 0 Å². The summed E-state index contributed by atoms with van der Waals surface area (Å²) >= 11 is 0. The molecular weight excluding hydrogens is 418 g/mol. The van der Waals surface area contributed by atoms with Crippen molar-refractivity contribution in [3.8, 4) is 0 Å². The predicted octanol–water partition coefficient (Wildman–Crippen LogP) is 4.04. The molecule has 5 rings (SSSR count). The number of esters is 1. The number of carbonyl (C=O) groups is 2. The zero-order chi connectivity index (χ0) is 23.6. The lowest BCUT2D eigenvalue weighted by atomic mass is 9.44. The van der Waals surface area contributed by atoms with E-state index < -0.39 is 11.6 Å². The van der Waals surface area contributed by atoms with Crippen LogP contribution in [0.5, 0.6) is 0 Å². The lowest BCUT2D eigenvalue weighted by Gasteiger charge is -2.61. The van der Waals surface area contributed by atoms with Gasteiger partial charge in [-0.15, -0.1) is 5.10 Å².